The van der Waals surface area contributed by atoms with Crippen molar-refractivity contribution in [2.75, 3.05) is 0 Å². The molecule has 1 rings (SSSR count). The molecular formula is C17H21NO2. The molecule has 0 amide bonds. The van der Waals surface area contributed by atoms with Crippen LogP contribution < -0.4 is 0 Å². The molecule has 0 aliphatic rings. The van der Waals surface area contributed by atoms with Crippen LogP contribution in [0.5, 0.6) is 0 Å². The molecule has 0 fully saturated rings. The number of non-ortho nitro benzene ring substituents is 1. The van der Waals surface area contributed by atoms with Gasteiger partial charge in [0.25, 0.3) is 5.69 Å². The molecule has 1 aromatic rings. The summed E-state index contributed by atoms with van der Waals surface area (Å²) < 4.78 is 0. The summed E-state index contributed by atoms with van der Waals surface area (Å²) in [6, 6.07) is 6.63. The number of nitro groups is 1. The molecule has 20 heavy (non-hydrogen) atoms. The van der Waals surface area contributed by atoms with E-state index >= 15 is 0 Å². The Hall–Kier alpha value is -2.08. The quantitative estimate of drug-likeness (QED) is 0.234. The van der Waals surface area contributed by atoms with E-state index in [0.29, 0.717) is 0 Å². The maximum atomic E-state index is 10.6. The van der Waals surface area contributed by atoms with Gasteiger partial charge in [0, 0.05) is 24.5 Å². The van der Waals surface area contributed by atoms with E-state index < -0.39 is 0 Å². The third-order valence-electron chi connectivity index (χ3n) is 3.09. The highest BCUT2D eigenvalue weighted by atomic mass is 16.6. The lowest BCUT2D eigenvalue weighted by atomic mass is 9.96. The van der Waals surface area contributed by atoms with E-state index in [1.807, 2.05) is 6.08 Å². The molecule has 0 heterocycles. The van der Waals surface area contributed by atoms with Gasteiger partial charge in [-0.25, -0.2) is 0 Å². The number of rotatable bonds is 7. The predicted octanol–water partition coefficient (Wildman–Crippen LogP) is 4.84. The average Bonchev–Trinajstić information content (AvgIpc) is 2.46. The minimum atomic E-state index is -0.386. The molecule has 0 saturated carbocycles. The molecule has 1 unspecified atom stereocenters. The number of unbranched alkanes of at least 4 members (excludes halogenated alkanes) is 3. The van der Waals surface area contributed by atoms with Crippen LogP contribution in [0.15, 0.2) is 36.9 Å². The molecule has 0 aliphatic heterocycles. The van der Waals surface area contributed by atoms with Crippen molar-refractivity contribution in [3.63, 3.8) is 0 Å². The monoisotopic (exact) mass is 271 g/mol. The fourth-order valence-corrected chi connectivity index (χ4v) is 1.93. The zero-order chi connectivity index (χ0) is 14.8. The molecule has 0 saturated heterocycles. The Labute approximate surface area is 120 Å². The summed E-state index contributed by atoms with van der Waals surface area (Å²) in [6.45, 7) is 5.92. The number of allylic oxidation sites excluding steroid dienone is 1. The van der Waals surface area contributed by atoms with Gasteiger partial charge in [-0.2, -0.15) is 0 Å². The van der Waals surface area contributed by atoms with Crippen molar-refractivity contribution in [2.45, 2.75) is 44.9 Å². The zero-order valence-electron chi connectivity index (χ0n) is 12.0. The molecule has 106 valence electrons. The van der Waals surface area contributed by atoms with Crippen molar-refractivity contribution in [1.29, 1.82) is 0 Å². The van der Waals surface area contributed by atoms with Crippen molar-refractivity contribution in [3.05, 3.63) is 52.6 Å². The third kappa shape index (κ3) is 5.27. The Morgan fingerprint density at radius 3 is 2.60 bits per heavy atom. The molecular weight excluding hydrogens is 250 g/mol. The van der Waals surface area contributed by atoms with E-state index in [1.165, 1.54) is 25.0 Å². The summed E-state index contributed by atoms with van der Waals surface area (Å²) in [6.07, 6.45) is 7.04. The van der Waals surface area contributed by atoms with E-state index in [1.54, 1.807) is 12.1 Å². The van der Waals surface area contributed by atoms with Crippen LogP contribution in [0.3, 0.4) is 0 Å². The van der Waals surface area contributed by atoms with Crippen LogP contribution in [0.4, 0.5) is 5.69 Å². The van der Waals surface area contributed by atoms with Gasteiger partial charge in [-0.3, -0.25) is 10.1 Å². The Balaban J connectivity index is 2.74. The molecule has 0 N–H and O–H groups in total. The second kappa shape index (κ2) is 8.92. The van der Waals surface area contributed by atoms with Crippen LogP contribution in [0, 0.1) is 22.0 Å². The lowest BCUT2D eigenvalue weighted by molar-refractivity contribution is -0.384. The number of benzene rings is 1. The standard InChI is InChI=1S/C17H21NO2/c1-3-5-6-7-8-10-15(9-4-2)16-11-13-17(14-12-16)18(19)20/h4,11-15H,2-3,5-7,9H2,1H3. The molecule has 0 aliphatic carbocycles. The van der Waals surface area contributed by atoms with Crippen molar-refractivity contribution in [3.8, 4) is 11.8 Å². The Bertz CT molecular complexity index is 494. The van der Waals surface area contributed by atoms with Gasteiger partial charge in [-0.15, -0.1) is 12.5 Å². The van der Waals surface area contributed by atoms with Crippen LogP contribution in [0.2, 0.25) is 0 Å². The molecule has 0 bridgehead atoms. The highest BCUT2D eigenvalue weighted by Crippen LogP contribution is 2.22. The molecule has 1 atom stereocenters. The highest BCUT2D eigenvalue weighted by Gasteiger charge is 2.09. The maximum absolute atomic E-state index is 10.6. The summed E-state index contributed by atoms with van der Waals surface area (Å²) in [5.41, 5.74) is 1.13. The van der Waals surface area contributed by atoms with Crippen molar-refractivity contribution in [2.24, 2.45) is 0 Å². The number of nitrogens with zero attached hydrogens (tertiary/aromatic N) is 1. The van der Waals surface area contributed by atoms with E-state index in [4.69, 9.17) is 0 Å². The first kappa shape index (κ1) is 16.0. The van der Waals surface area contributed by atoms with E-state index in [9.17, 15) is 10.1 Å². The first-order valence-electron chi connectivity index (χ1n) is 7.02. The summed E-state index contributed by atoms with van der Waals surface area (Å²) in [5.74, 6) is 6.54. The topological polar surface area (TPSA) is 43.1 Å². The Morgan fingerprint density at radius 1 is 1.35 bits per heavy atom. The highest BCUT2D eigenvalue weighted by molar-refractivity contribution is 5.37. The van der Waals surface area contributed by atoms with Gasteiger partial charge in [0.1, 0.15) is 0 Å². The first-order chi connectivity index (χ1) is 9.69. The molecule has 0 radical (unpaired) electrons. The van der Waals surface area contributed by atoms with Gasteiger partial charge in [-0.1, -0.05) is 43.9 Å². The normalized spacial score (nSPS) is 11.2. The third-order valence-corrected chi connectivity index (χ3v) is 3.09. The SMILES string of the molecule is C=CCC(C#CCCCCC)c1ccc([N+](=O)[O-])cc1. The van der Waals surface area contributed by atoms with Crippen LogP contribution in [0.1, 0.15) is 50.5 Å². The maximum Gasteiger partial charge on any atom is 0.269 e. The van der Waals surface area contributed by atoms with Gasteiger partial charge in [-0.05, 0) is 18.4 Å². The van der Waals surface area contributed by atoms with Gasteiger partial charge < -0.3 is 0 Å². The van der Waals surface area contributed by atoms with Crippen LogP contribution >= 0.6 is 0 Å². The minimum absolute atomic E-state index is 0.0786. The molecule has 3 nitrogen and oxygen atoms in total. The fourth-order valence-electron chi connectivity index (χ4n) is 1.93. The summed E-state index contributed by atoms with van der Waals surface area (Å²) >= 11 is 0. The largest absolute Gasteiger partial charge is 0.269 e. The van der Waals surface area contributed by atoms with E-state index in [0.717, 1.165) is 24.8 Å². The number of nitro benzene ring substituents is 1. The second-order valence-electron chi connectivity index (χ2n) is 4.70. The van der Waals surface area contributed by atoms with Crippen molar-refractivity contribution < 1.29 is 4.92 Å². The molecule has 3 heteroatoms. The van der Waals surface area contributed by atoms with E-state index in [2.05, 4.69) is 25.3 Å². The summed E-state index contributed by atoms with van der Waals surface area (Å²) in [4.78, 5) is 10.3. The van der Waals surface area contributed by atoms with Gasteiger partial charge in [0.15, 0.2) is 0 Å². The smallest absolute Gasteiger partial charge is 0.258 e. The minimum Gasteiger partial charge on any atom is -0.258 e. The first-order valence-corrected chi connectivity index (χ1v) is 7.02. The lowest BCUT2D eigenvalue weighted by Crippen LogP contribution is -1.95. The van der Waals surface area contributed by atoms with Crippen LogP contribution in [-0.4, -0.2) is 4.92 Å². The van der Waals surface area contributed by atoms with Gasteiger partial charge in [0.2, 0.25) is 0 Å². The fraction of sp³-hybridized carbons (Fsp3) is 0.412. The Morgan fingerprint density at radius 2 is 2.05 bits per heavy atom. The molecule has 1 aromatic carbocycles. The van der Waals surface area contributed by atoms with Gasteiger partial charge >= 0.3 is 0 Å². The molecule has 0 spiro atoms. The predicted molar refractivity (Wildman–Crippen MR) is 82.6 cm³/mol. The van der Waals surface area contributed by atoms with E-state index in [-0.39, 0.29) is 16.5 Å². The van der Waals surface area contributed by atoms with Crippen LogP contribution in [0.25, 0.3) is 0 Å². The van der Waals surface area contributed by atoms with Crippen molar-refractivity contribution >= 4 is 5.69 Å². The summed E-state index contributed by atoms with van der Waals surface area (Å²) in [5, 5.41) is 10.6. The zero-order valence-corrected chi connectivity index (χ0v) is 12.0. The Kier molecular flexibility index (Phi) is 7.13. The molecule has 0 aromatic heterocycles. The summed E-state index contributed by atoms with van der Waals surface area (Å²) in [7, 11) is 0. The van der Waals surface area contributed by atoms with Crippen LogP contribution in [-0.2, 0) is 0 Å². The average molecular weight is 271 g/mol. The number of hydrogen-bond donors (Lipinski definition) is 0. The second-order valence-corrected chi connectivity index (χ2v) is 4.70. The van der Waals surface area contributed by atoms with Crippen molar-refractivity contribution in [1.82, 2.24) is 0 Å². The number of hydrogen-bond acceptors (Lipinski definition) is 2. The lowest BCUT2D eigenvalue weighted by Gasteiger charge is -2.08. The van der Waals surface area contributed by atoms with Gasteiger partial charge in [0.05, 0.1) is 4.92 Å².